The number of nitrogens with zero attached hydrogens (tertiary/aromatic N) is 2. The van der Waals surface area contributed by atoms with E-state index in [0.717, 1.165) is 74.1 Å². The summed E-state index contributed by atoms with van der Waals surface area (Å²) in [4.78, 5) is 20.4. The lowest BCUT2D eigenvalue weighted by Crippen LogP contribution is -2.43. The number of amides is 1. The van der Waals surface area contributed by atoms with Crippen LogP contribution in [0, 0.1) is 6.92 Å². The minimum absolute atomic E-state index is 0.0456. The van der Waals surface area contributed by atoms with E-state index in [1.807, 2.05) is 19.1 Å². The van der Waals surface area contributed by atoms with Gasteiger partial charge in [-0.1, -0.05) is 18.2 Å². The number of rotatable bonds is 4. The molecule has 0 unspecified atom stereocenters. The summed E-state index contributed by atoms with van der Waals surface area (Å²) in [5.74, 6) is 0.555. The van der Waals surface area contributed by atoms with Crippen molar-refractivity contribution < 1.29 is 9.53 Å². The number of carbonyl (C=O) groups excluding carboxylic acids is 1. The molecule has 2 N–H and O–H groups in total. The topological polar surface area (TPSA) is 66.5 Å². The van der Waals surface area contributed by atoms with Gasteiger partial charge in [0.1, 0.15) is 0 Å². The van der Waals surface area contributed by atoms with Crippen LogP contribution >= 0.6 is 0 Å². The molecule has 176 valence electrons. The van der Waals surface area contributed by atoms with Crippen LogP contribution in [-0.4, -0.2) is 43.7 Å². The summed E-state index contributed by atoms with van der Waals surface area (Å²) >= 11 is 0. The van der Waals surface area contributed by atoms with Gasteiger partial charge in [-0.15, -0.1) is 0 Å². The van der Waals surface area contributed by atoms with Gasteiger partial charge in [0.2, 0.25) is 5.88 Å². The zero-order valence-electron chi connectivity index (χ0n) is 20.1. The average molecular weight is 449 g/mol. The molecule has 4 rings (SSSR count). The van der Waals surface area contributed by atoms with Gasteiger partial charge in [0.05, 0.1) is 7.11 Å². The van der Waals surface area contributed by atoms with E-state index in [-0.39, 0.29) is 5.91 Å². The number of fused-ring (bicyclic) bond motifs is 2. The Morgan fingerprint density at radius 2 is 2.00 bits per heavy atom. The molecule has 6 heteroatoms. The van der Waals surface area contributed by atoms with Gasteiger partial charge in [-0.05, 0) is 88.4 Å². The molecule has 0 radical (unpaired) electrons. The highest BCUT2D eigenvalue weighted by atomic mass is 16.5. The number of carbonyl (C=O) groups is 1. The van der Waals surface area contributed by atoms with E-state index in [2.05, 4.69) is 51.7 Å². The van der Waals surface area contributed by atoms with Crippen LogP contribution in [0.25, 0.3) is 0 Å². The fraction of sp³-hybridized carbons (Fsp3) is 0.481. The zero-order valence-corrected chi connectivity index (χ0v) is 20.1. The van der Waals surface area contributed by atoms with Crippen LogP contribution in [0.1, 0.15) is 58.9 Å². The molecule has 1 aromatic carbocycles. The Labute approximate surface area is 197 Å². The number of aryl methyl sites for hydroxylation is 2. The van der Waals surface area contributed by atoms with Gasteiger partial charge in [0.15, 0.2) is 0 Å². The van der Waals surface area contributed by atoms with Crippen LogP contribution < -0.4 is 20.3 Å². The minimum Gasteiger partial charge on any atom is -0.481 e. The van der Waals surface area contributed by atoms with Crippen LogP contribution in [0.3, 0.4) is 0 Å². The molecular formula is C27H36N4O2. The Balaban J connectivity index is 1.70. The van der Waals surface area contributed by atoms with Crippen LogP contribution in [-0.2, 0) is 19.4 Å². The number of nitrogens with one attached hydrogen (secondary N) is 2. The number of hydrogen-bond donors (Lipinski definition) is 2. The minimum atomic E-state index is -0.0456. The Bertz CT molecular complexity index is 1010. The summed E-state index contributed by atoms with van der Waals surface area (Å²) in [6.07, 6.45) is 9.31. The molecule has 33 heavy (non-hydrogen) atoms. The highest BCUT2D eigenvalue weighted by Gasteiger charge is 2.24. The third-order valence-electron chi connectivity index (χ3n) is 6.79. The molecule has 1 amide bonds. The van der Waals surface area contributed by atoms with E-state index < -0.39 is 0 Å². The zero-order chi connectivity index (χ0) is 23.2. The van der Waals surface area contributed by atoms with Crippen LogP contribution in [0.2, 0.25) is 0 Å². The maximum atomic E-state index is 13.4. The molecule has 0 aliphatic carbocycles. The molecule has 1 aromatic heterocycles. The summed E-state index contributed by atoms with van der Waals surface area (Å²) in [7, 11) is 1.64. The maximum Gasteiger partial charge on any atom is 0.251 e. The third-order valence-corrected chi connectivity index (χ3v) is 6.79. The molecule has 6 nitrogen and oxygen atoms in total. The second-order valence-corrected chi connectivity index (χ2v) is 8.88. The van der Waals surface area contributed by atoms with Crippen molar-refractivity contribution in [3.63, 3.8) is 0 Å². The van der Waals surface area contributed by atoms with Crippen molar-refractivity contribution in [1.29, 1.82) is 0 Å². The second-order valence-electron chi connectivity index (χ2n) is 8.88. The van der Waals surface area contributed by atoms with Gasteiger partial charge in [-0.3, -0.25) is 4.79 Å². The highest BCUT2D eigenvalue weighted by Crippen LogP contribution is 2.30. The summed E-state index contributed by atoms with van der Waals surface area (Å²) in [5, 5.41) is 6.62. The summed E-state index contributed by atoms with van der Waals surface area (Å²) < 4.78 is 5.56. The van der Waals surface area contributed by atoms with Gasteiger partial charge in [0.25, 0.3) is 5.91 Å². The SMILES string of the molecule is CCN(c1cccc2c1CC=CCCc1cc(C)nc(OC)c1CNC2=O)C1CCNCC1. The smallest absolute Gasteiger partial charge is 0.251 e. The first kappa shape index (κ1) is 23.3. The predicted octanol–water partition coefficient (Wildman–Crippen LogP) is 3.95. The van der Waals surface area contributed by atoms with Crippen molar-refractivity contribution >= 4 is 11.6 Å². The number of pyridine rings is 1. The Hall–Kier alpha value is -2.86. The van der Waals surface area contributed by atoms with Crippen molar-refractivity contribution in [3.05, 3.63) is 64.4 Å². The number of hydrogen-bond acceptors (Lipinski definition) is 5. The lowest BCUT2D eigenvalue weighted by molar-refractivity contribution is 0.0949. The summed E-state index contributed by atoms with van der Waals surface area (Å²) in [5.41, 5.74) is 6.14. The molecule has 0 atom stereocenters. The van der Waals surface area contributed by atoms with Gasteiger partial charge in [0, 0.05) is 41.6 Å². The maximum absolute atomic E-state index is 13.4. The number of methoxy groups -OCH3 is 1. The molecule has 0 spiro atoms. The Kier molecular flexibility index (Phi) is 7.65. The molecule has 2 aliphatic rings. The van der Waals surface area contributed by atoms with E-state index in [1.165, 1.54) is 11.3 Å². The first-order valence-electron chi connectivity index (χ1n) is 12.2. The lowest BCUT2D eigenvalue weighted by Gasteiger charge is -2.37. The molecule has 0 bridgehead atoms. The third kappa shape index (κ3) is 5.22. The standard InChI is InChI=1S/C27H36N4O2/c1-4-31(21-13-15-28-16-14-21)25-12-8-11-23-22(25)10-7-5-6-9-20-17-19(2)30-27(33-3)24(20)18-29-26(23)32/h5,7-8,11-12,17,21,28H,4,6,9-10,13-16,18H2,1-3H3,(H,29,32). The number of anilines is 1. The Morgan fingerprint density at radius 3 is 2.76 bits per heavy atom. The molecule has 1 fully saturated rings. The van der Waals surface area contributed by atoms with Crippen molar-refractivity contribution in [1.82, 2.24) is 15.6 Å². The van der Waals surface area contributed by atoms with E-state index >= 15 is 0 Å². The van der Waals surface area contributed by atoms with Crippen molar-refractivity contribution in [3.8, 4) is 5.88 Å². The molecule has 2 aliphatic heterocycles. The van der Waals surface area contributed by atoms with E-state index in [4.69, 9.17) is 4.74 Å². The summed E-state index contributed by atoms with van der Waals surface area (Å²) in [6, 6.07) is 8.76. The Morgan fingerprint density at radius 1 is 1.18 bits per heavy atom. The van der Waals surface area contributed by atoms with Gasteiger partial charge >= 0.3 is 0 Å². The largest absolute Gasteiger partial charge is 0.481 e. The number of benzene rings is 1. The molecule has 2 aromatic rings. The van der Waals surface area contributed by atoms with E-state index in [9.17, 15) is 4.79 Å². The van der Waals surface area contributed by atoms with Gasteiger partial charge < -0.3 is 20.3 Å². The van der Waals surface area contributed by atoms with Gasteiger partial charge in [-0.2, -0.15) is 0 Å². The second kappa shape index (κ2) is 10.8. The molecule has 3 heterocycles. The highest BCUT2D eigenvalue weighted by molar-refractivity contribution is 5.97. The molecular weight excluding hydrogens is 412 g/mol. The van der Waals surface area contributed by atoms with Gasteiger partial charge in [-0.25, -0.2) is 4.98 Å². The number of ether oxygens (including phenoxy) is 1. The fourth-order valence-corrected chi connectivity index (χ4v) is 5.15. The van der Waals surface area contributed by atoms with Crippen LogP contribution in [0.5, 0.6) is 5.88 Å². The monoisotopic (exact) mass is 448 g/mol. The molecule has 1 saturated heterocycles. The van der Waals surface area contributed by atoms with Crippen molar-refractivity contribution in [2.24, 2.45) is 0 Å². The predicted molar refractivity (Wildman–Crippen MR) is 133 cm³/mol. The first-order chi connectivity index (χ1) is 16.1. The van der Waals surface area contributed by atoms with Crippen LogP contribution in [0.4, 0.5) is 5.69 Å². The van der Waals surface area contributed by atoms with Crippen molar-refractivity contribution in [2.45, 2.75) is 58.5 Å². The fourth-order valence-electron chi connectivity index (χ4n) is 5.15. The lowest BCUT2D eigenvalue weighted by atomic mass is 9.96. The van der Waals surface area contributed by atoms with E-state index in [0.29, 0.717) is 18.5 Å². The average Bonchev–Trinajstić information content (AvgIpc) is 2.83. The summed E-state index contributed by atoms with van der Waals surface area (Å²) in [6.45, 7) is 7.63. The number of allylic oxidation sites excluding steroid dienone is 2. The normalized spacial score (nSPS) is 17.2. The quantitative estimate of drug-likeness (QED) is 0.694. The first-order valence-corrected chi connectivity index (χ1v) is 12.2. The van der Waals surface area contributed by atoms with Crippen LogP contribution in [0.15, 0.2) is 36.4 Å². The van der Waals surface area contributed by atoms with Crippen molar-refractivity contribution in [2.75, 3.05) is 31.6 Å². The number of aromatic nitrogens is 1. The van der Waals surface area contributed by atoms with E-state index in [1.54, 1.807) is 7.11 Å². The molecule has 0 saturated carbocycles. The number of piperidine rings is 1.